The first kappa shape index (κ1) is 94.4. The van der Waals surface area contributed by atoms with Crippen LogP contribution in [0.2, 0.25) is 0 Å². The van der Waals surface area contributed by atoms with Crippen molar-refractivity contribution < 1.29 is 112 Å². The van der Waals surface area contributed by atoms with Crippen molar-refractivity contribution in [3.8, 4) is 0 Å². The van der Waals surface area contributed by atoms with Gasteiger partial charge in [0.25, 0.3) is 16.7 Å². The van der Waals surface area contributed by atoms with Gasteiger partial charge in [-0.2, -0.15) is 4.98 Å². The third-order valence-corrected chi connectivity index (χ3v) is 30.1. The van der Waals surface area contributed by atoms with Crippen molar-refractivity contribution in [2.75, 3.05) is 57.3 Å². The Morgan fingerprint density at radius 2 is 0.710 bits per heavy atom. The molecule has 6 fully saturated rings. The number of rotatable bonds is 35. The molecule has 6 saturated heterocycles. The SMILES string of the molecule is CC[C@H]1O[C@@H](n2cc(C)c(=O)[nH]c2=O)C[C@H]1OP([O-])(=S)OC[C@H]1O[C@@H](n2cnc3c(N)ncnc32)C[C@H]1OP(=O)([S-])OC[C@H]1O[C@@H](n2cc(C)c(=O)[nH]c2=O)C[C@H]1OP([O-])(=S)OC[C@H]1O[C@@H](n2cc(C)c(=O)[nH]c2=O)C[C@H]1OP([O-])(=S)OC[C@H]1O[C@@H](n2cnc3c(N)ncnc32)C[C@H]1OP([O-])(=S)OC[C@H]1O[C@@H](n2cc(C)c(N)nc2=O)C[C@H]1OP([O-])(=S)OC. The van der Waals surface area contributed by atoms with Crippen LogP contribution in [0.15, 0.2) is 83.7 Å². The van der Waals surface area contributed by atoms with Gasteiger partial charge in [0.2, 0.25) is 0 Å². The molecule has 0 aliphatic carbocycles. The number of nitrogen functional groups attached to an aromatic ring is 3. The second-order valence-corrected chi connectivity index (χ2v) is 45.2. The van der Waals surface area contributed by atoms with E-state index in [1.807, 2.05) is 0 Å². The molecule has 6 aliphatic rings. The van der Waals surface area contributed by atoms with Gasteiger partial charge in [-0.05, 0) is 34.1 Å². The van der Waals surface area contributed by atoms with Crippen LogP contribution in [0.1, 0.15) is 111 Å². The molecule has 62 heteroatoms. The third kappa shape index (κ3) is 22.0. The van der Waals surface area contributed by atoms with Gasteiger partial charge >= 0.3 is 22.8 Å². The van der Waals surface area contributed by atoms with Crippen LogP contribution in [-0.4, -0.2) is 191 Å². The van der Waals surface area contributed by atoms with E-state index in [1.165, 1.54) is 61.3 Å². The molecule has 0 saturated carbocycles. The van der Waals surface area contributed by atoms with Gasteiger partial charge < -0.3 is 137 Å². The normalized spacial score (nSPS) is 29.6. The molecule has 0 bridgehead atoms. The fraction of sp³-hybridized carbons (Fsp3) is 0.581. The van der Waals surface area contributed by atoms with E-state index in [-0.39, 0.29) is 82.2 Å². The predicted octanol–water partition coefficient (Wildman–Crippen LogP) is -1.69. The molecule has 678 valence electrons. The lowest BCUT2D eigenvalue weighted by atomic mass is 10.1. The van der Waals surface area contributed by atoms with Gasteiger partial charge in [-0.3, -0.25) is 61.3 Å². The standard InChI is InChI=1S/C62H83N19O31P6S6/c1-7-31-32(8-43(101-31)77-15-28(3)56(82)73-60(77)86)108-114(90,120)96-21-41-36(12-47(105-41)80-25-70-49-52(64)66-23-68-54(49)80)112-118(94,124)99-20-40-34(10-45(104-40)78-16-29(4)57(83)74-61(78)87)109-115(91,121)98-19-39-35(11-46(103-39)79-17-30(5)58(84)75-62(79)88)110-116(92,122)100-22-42-37(13-48(106-42)81-26-71-50-53(65)67-24-69-55(50)81)111-117(93,123)97-18-38-33(107-113(89,119)95-6)9-44(102-38)76-14-27(2)51(63)72-59(76)85/h14-17,23-26,31-48H,7-13,18-22H2,1-6H3,(H,89,119)(H,90,120)(H,91,121)(H,92,122)(H,93,123)(H,94,124)(H2,63,72,85)(H2,64,66,68)(H2,65,67,69)(H,73,82,86)(H,74,83,87)(H,75,84,88)/p-6/t31-,32-,33-,34-,35-,36-,37-,38-,39-,40-,41-,42-,43-,44-,45-,46-,47-,48-,113?,114?,115?,116?,117?,118?/m1/s1. The molecule has 124 heavy (non-hydrogen) atoms. The van der Waals surface area contributed by atoms with Crippen LogP contribution in [0, 0.1) is 27.7 Å². The Morgan fingerprint density at radius 3 is 1.05 bits per heavy atom. The molecule has 0 radical (unpaired) electrons. The predicted molar refractivity (Wildman–Crippen MR) is 439 cm³/mol. The molecule has 14 rings (SSSR count). The zero-order chi connectivity index (χ0) is 89.2. The maximum absolute atomic E-state index is 14.8. The Labute approximate surface area is 728 Å². The van der Waals surface area contributed by atoms with Crippen LogP contribution < -0.4 is 81.1 Å². The second-order valence-electron chi connectivity index (χ2n) is 28.9. The highest BCUT2D eigenvalue weighted by Crippen LogP contribution is 2.56. The van der Waals surface area contributed by atoms with Crippen molar-refractivity contribution in [1.82, 2.24) is 77.2 Å². The molecule has 24 atom stereocenters. The fourth-order valence-corrected chi connectivity index (χ4v) is 22.6. The summed E-state index contributed by atoms with van der Waals surface area (Å²) in [4.78, 5) is 197. The number of hydrogen-bond donors (Lipinski definition) is 6. The Hall–Kier alpha value is -5.67. The van der Waals surface area contributed by atoms with E-state index in [1.54, 1.807) is 13.8 Å². The van der Waals surface area contributed by atoms with E-state index in [9.17, 15) is 62.6 Å². The van der Waals surface area contributed by atoms with Gasteiger partial charge in [0.15, 0.2) is 29.7 Å². The number of anilines is 3. The number of hydrogen-bond acceptors (Lipinski definition) is 47. The van der Waals surface area contributed by atoms with Crippen LogP contribution in [0.4, 0.5) is 17.5 Å². The average molecular weight is 1960 g/mol. The summed E-state index contributed by atoms with van der Waals surface area (Å²) in [6, 6.07) is 0. The zero-order valence-electron chi connectivity index (χ0n) is 65.3. The second kappa shape index (κ2) is 38.0. The number of aromatic amines is 3. The molecule has 8 aromatic heterocycles. The molecule has 14 heterocycles. The average Bonchev–Trinajstić information content (AvgIpc) is 1.63. The first-order valence-corrected chi connectivity index (χ1v) is 52.6. The van der Waals surface area contributed by atoms with Crippen LogP contribution >= 0.6 is 40.4 Å². The molecular weight excluding hydrogens is 1890 g/mol. The van der Waals surface area contributed by atoms with Crippen molar-refractivity contribution in [3.63, 3.8) is 0 Å². The van der Waals surface area contributed by atoms with Crippen molar-refractivity contribution in [3.05, 3.63) is 145 Å². The number of nitrogens with zero attached hydrogens (tertiary/aromatic N) is 13. The summed E-state index contributed by atoms with van der Waals surface area (Å²) >= 11 is 32.3. The van der Waals surface area contributed by atoms with E-state index < -0.39 is 236 Å². The molecule has 6 unspecified atom stereocenters. The Balaban J connectivity index is 0.670. The minimum atomic E-state index is -5.00. The molecule has 0 spiro atoms. The van der Waals surface area contributed by atoms with Gasteiger partial charge in [0.05, 0.1) is 88.4 Å². The lowest BCUT2D eigenvalue weighted by Gasteiger charge is -2.36. The van der Waals surface area contributed by atoms with Crippen molar-refractivity contribution >= 4 is 151 Å². The van der Waals surface area contributed by atoms with Crippen molar-refractivity contribution in [2.45, 2.75) is 190 Å². The van der Waals surface area contributed by atoms with E-state index in [0.717, 1.165) is 44.1 Å². The number of fused-ring (bicyclic) bond motifs is 2. The molecule has 8 aromatic rings. The molecule has 6 aliphatic heterocycles. The maximum Gasteiger partial charge on any atom is 0.351 e. The molecular formula is C62H77N19O31P6S6-6. The third-order valence-electron chi connectivity index (χ3n) is 20.5. The highest BCUT2D eigenvalue weighted by molar-refractivity contribution is 8.32. The molecule has 0 aromatic carbocycles. The van der Waals surface area contributed by atoms with Gasteiger partial charge in [-0.1, -0.05) is 66.0 Å². The minimum absolute atomic E-state index is 0.00731. The largest absolute Gasteiger partial charge is 0.780 e. The smallest absolute Gasteiger partial charge is 0.351 e. The van der Waals surface area contributed by atoms with Gasteiger partial charge in [0, 0.05) is 92.7 Å². The van der Waals surface area contributed by atoms with Crippen LogP contribution in [-0.2, 0) is 159 Å². The van der Waals surface area contributed by atoms with Crippen LogP contribution in [0.5, 0.6) is 0 Å². The molecule has 9 N–H and O–H groups in total. The number of imidazole rings is 2. The summed E-state index contributed by atoms with van der Waals surface area (Å²) in [5.41, 5.74) is 13.8. The first-order chi connectivity index (χ1) is 58.4. The Kier molecular flexibility index (Phi) is 29.0. The van der Waals surface area contributed by atoms with Crippen molar-refractivity contribution in [1.29, 1.82) is 0 Å². The zero-order valence-corrected chi connectivity index (χ0v) is 75.6. The number of aryl methyl sites for hydroxylation is 4. The molecule has 50 nitrogen and oxygen atoms in total. The fourth-order valence-electron chi connectivity index (χ4n) is 14.4. The van der Waals surface area contributed by atoms with Gasteiger partial charge in [-0.25, -0.2) is 49.1 Å². The Morgan fingerprint density at radius 1 is 0.419 bits per heavy atom. The quantitative estimate of drug-likeness (QED) is 0.0191. The monoisotopic (exact) mass is 1960 g/mol. The summed E-state index contributed by atoms with van der Waals surface area (Å²) in [5, 5.41) is 0. The number of nitrogens with two attached hydrogens (primary N) is 3. The van der Waals surface area contributed by atoms with Gasteiger partial charge in [0.1, 0.15) is 131 Å². The number of nitrogens with one attached hydrogen (secondary N) is 3. The summed E-state index contributed by atoms with van der Waals surface area (Å²) < 4.78 is 129. The summed E-state index contributed by atoms with van der Waals surface area (Å²) in [7, 11) is 1.05. The van der Waals surface area contributed by atoms with E-state index in [2.05, 4.69) is 49.8 Å². The van der Waals surface area contributed by atoms with Crippen molar-refractivity contribution in [2.24, 2.45) is 0 Å². The van der Waals surface area contributed by atoms with E-state index >= 15 is 0 Å². The summed E-state index contributed by atoms with van der Waals surface area (Å²) in [6.07, 6.45) is -14.8. The van der Waals surface area contributed by atoms with E-state index in [4.69, 9.17) is 171 Å². The number of aromatic nitrogens is 16. The number of ether oxygens (including phenoxy) is 6. The van der Waals surface area contributed by atoms with Gasteiger partial charge in [-0.15, -0.1) is 0 Å². The highest BCUT2D eigenvalue weighted by Gasteiger charge is 2.48. The summed E-state index contributed by atoms with van der Waals surface area (Å²) in [5.74, 6) is -0.0461. The summed E-state index contributed by atoms with van der Waals surface area (Å²) in [6.45, 7) is -24.8. The lowest BCUT2D eigenvalue weighted by Crippen LogP contribution is -2.34. The highest BCUT2D eigenvalue weighted by atomic mass is 32.7. The first-order valence-electron chi connectivity index (χ1n) is 37.3. The van der Waals surface area contributed by atoms with E-state index in [0.29, 0.717) is 12.0 Å². The minimum Gasteiger partial charge on any atom is -0.780 e. The number of H-pyrrole nitrogens is 3. The van der Waals surface area contributed by atoms with Crippen LogP contribution in [0.3, 0.4) is 0 Å². The maximum atomic E-state index is 14.8. The molecule has 0 amide bonds. The Bertz CT molecular complexity index is 6130. The topological polar surface area (TPSA) is 663 Å². The van der Waals surface area contributed by atoms with Crippen LogP contribution in [0.25, 0.3) is 22.3 Å². The lowest BCUT2D eigenvalue weighted by molar-refractivity contribution is -0.221.